The van der Waals surface area contributed by atoms with Crippen molar-refractivity contribution in [3.63, 3.8) is 0 Å². The zero-order chi connectivity index (χ0) is 31.3. The van der Waals surface area contributed by atoms with Crippen LogP contribution in [0.4, 0.5) is 14.5 Å². The maximum atomic E-state index is 13.7. The van der Waals surface area contributed by atoms with Crippen LogP contribution in [0.1, 0.15) is 41.5 Å². The maximum absolute atomic E-state index is 13.7. The average Bonchev–Trinajstić information content (AvgIpc) is 3.49. The molecule has 0 spiro atoms. The van der Waals surface area contributed by atoms with Gasteiger partial charge < -0.3 is 4.57 Å². The number of halogens is 4. The molecule has 0 fully saturated rings. The Kier molecular flexibility index (Phi) is 10.6. The van der Waals surface area contributed by atoms with E-state index in [1.54, 1.807) is 37.3 Å². The number of nitrogens with zero attached hydrogens (tertiary/aromatic N) is 4. The summed E-state index contributed by atoms with van der Waals surface area (Å²) in [7, 11) is 2.98. The van der Waals surface area contributed by atoms with Crippen molar-refractivity contribution in [2.45, 2.75) is 31.4 Å². The minimum atomic E-state index is -2.76. The molecule has 3 aromatic rings. The van der Waals surface area contributed by atoms with E-state index in [9.17, 15) is 23.2 Å². The van der Waals surface area contributed by atoms with Crippen LogP contribution in [-0.2, 0) is 19.1 Å². The topological polar surface area (TPSA) is 116 Å². The van der Waals surface area contributed by atoms with Crippen LogP contribution < -0.4 is 26.5 Å². The molecule has 1 aromatic carbocycles. The van der Waals surface area contributed by atoms with Crippen LogP contribution in [-0.4, -0.2) is 79.0 Å². The van der Waals surface area contributed by atoms with Gasteiger partial charge >= 0.3 is 167 Å². The number of carbonyl (C=O) groups is 3. The van der Waals surface area contributed by atoms with Crippen LogP contribution in [0.25, 0.3) is 11.3 Å². The van der Waals surface area contributed by atoms with Gasteiger partial charge in [-0.25, -0.2) is 13.8 Å². The third kappa shape index (κ3) is 7.28. The van der Waals surface area contributed by atoms with E-state index in [0.29, 0.717) is 33.2 Å². The fraction of sp³-hybridized carbons (Fsp3) is 0.345. The second-order valence-corrected chi connectivity index (χ2v) is 12.3. The Morgan fingerprint density at radius 2 is 1.98 bits per heavy atom. The van der Waals surface area contributed by atoms with Crippen molar-refractivity contribution in [3.8, 4) is 5.69 Å². The van der Waals surface area contributed by atoms with Crippen LogP contribution in [0.5, 0.6) is 0 Å². The fourth-order valence-electron chi connectivity index (χ4n) is 4.74. The van der Waals surface area contributed by atoms with E-state index in [0.717, 1.165) is 0 Å². The van der Waals surface area contributed by atoms with Gasteiger partial charge in [0.15, 0.2) is 0 Å². The number of anilines is 1. The third-order valence-electron chi connectivity index (χ3n) is 7.07. The number of ether oxygens (including phenoxy) is 2. The minimum absolute atomic E-state index is 0.0136. The molecule has 3 heterocycles. The molecule has 10 nitrogen and oxygen atoms in total. The van der Waals surface area contributed by atoms with Crippen LogP contribution >= 0.6 is 11.6 Å². The molecular formula is C29H30ClF2IN5O5-. The molecule has 0 saturated heterocycles. The number of rotatable bonds is 12. The number of nitrogens with one attached hydrogen (secondary N) is 1. The van der Waals surface area contributed by atoms with Gasteiger partial charge in [-0.1, -0.05) is 11.6 Å². The first-order chi connectivity index (χ1) is 20.5. The summed E-state index contributed by atoms with van der Waals surface area (Å²) in [6.07, 6.45) is 2.69. The van der Waals surface area contributed by atoms with Gasteiger partial charge in [-0.05, 0) is 18.2 Å². The van der Waals surface area contributed by atoms with Crippen LogP contribution in [0.15, 0.2) is 55.1 Å². The van der Waals surface area contributed by atoms with Crippen molar-refractivity contribution in [3.05, 3.63) is 77.1 Å². The first-order valence-corrected chi connectivity index (χ1v) is 16.6. The number of methoxy groups -OCH3 is 2. The number of carbonyl (C=O) groups excluding carboxylic acids is 3. The molecule has 43 heavy (non-hydrogen) atoms. The molecule has 0 radical (unpaired) electrons. The molecule has 0 bridgehead atoms. The van der Waals surface area contributed by atoms with Gasteiger partial charge in [0.05, 0.1) is 12.0 Å². The molecule has 2 atom stereocenters. The SMILES string of the molecule is COCCC(C(=O)Nc1ccc(C(=O)[I-]C)nc1)N1CC(C)(OC)C(c2cc(Cl)ccc2-n2cnc(C(F)F)c2)=CC1=O. The zero-order valence-corrected chi connectivity index (χ0v) is 26.7. The van der Waals surface area contributed by atoms with Crippen molar-refractivity contribution in [1.82, 2.24) is 19.4 Å². The van der Waals surface area contributed by atoms with Crippen LogP contribution in [0.3, 0.4) is 0 Å². The van der Waals surface area contributed by atoms with Gasteiger partial charge in [-0.2, -0.15) is 0 Å². The van der Waals surface area contributed by atoms with Crippen molar-refractivity contribution in [2.24, 2.45) is 0 Å². The molecule has 14 heteroatoms. The summed E-state index contributed by atoms with van der Waals surface area (Å²) < 4.78 is 39.2. The van der Waals surface area contributed by atoms with Crippen molar-refractivity contribution in [1.29, 1.82) is 0 Å². The van der Waals surface area contributed by atoms with Gasteiger partial charge in [0.2, 0.25) is 0 Å². The van der Waals surface area contributed by atoms with Crippen LogP contribution in [0, 0.1) is 0 Å². The Labute approximate surface area is 262 Å². The van der Waals surface area contributed by atoms with E-state index in [1.165, 1.54) is 48.5 Å². The van der Waals surface area contributed by atoms with E-state index in [2.05, 4.69) is 15.3 Å². The molecule has 0 aliphatic carbocycles. The molecule has 1 aliphatic heterocycles. The second kappa shape index (κ2) is 14.0. The molecular weight excluding hydrogens is 699 g/mol. The van der Waals surface area contributed by atoms with E-state index >= 15 is 0 Å². The summed E-state index contributed by atoms with van der Waals surface area (Å²) in [5.74, 6) is -0.928. The standard InChI is InChI=1S/C29H30ClF2IN5O5/c1-29(43-4)15-38(24(9-10-42-3)28(41)36-18-6-7-21(34-13-18)27(40)33-2)25(39)12-20(29)19-11-17(30)5-8-23(19)37-14-22(26(31)32)35-16-37/h5-8,11-14,16,24,26H,9-10,15H2,1-4H3,(H,36,41)/q-1. The zero-order valence-electron chi connectivity index (χ0n) is 23.8. The van der Waals surface area contributed by atoms with Gasteiger partial charge in [0.25, 0.3) is 6.43 Å². The van der Waals surface area contributed by atoms with Gasteiger partial charge in [0, 0.05) is 23.9 Å². The van der Waals surface area contributed by atoms with E-state index in [4.69, 9.17) is 21.1 Å². The number of hydrogen-bond donors (Lipinski definition) is 1. The predicted molar refractivity (Wildman–Crippen MR) is 152 cm³/mol. The van der Waals surface area contributed by atoms with Crippen molar-refractivity contribution in [2.75, 3.05) is 37.6 Å². The average molecular weight is 729 g/mol. The summed E-state index contributed by atoms with van der Waals surface area (Å²) >= 11 is 5.69. The number of amides is 2. The second-order valence-electron chi connectivity index (χ2n) is 9.81. The van der Waals surface area contributed by atoms with E-state index in [1.807, 2.05) is 4.93 Å². The molecule has 0 saturated carbocycles. The Morgan fingerprint density at radius 1 is 1.21 bits per heavy atom. The Morgan fingerprint density at radius 3 is 2.58 bits per heavy atom. The molecule has 1 N–H and O–H groups in total. The summed E-state index contributed by atoms with van der Waals surface area (Å²) in [6, 6.07) is 7.09. The normalized spacial score (nSPS) is 17.7. The van der Waals surface area contributed by atoms with Gasteiger partial charge in [-0.3, -0.25) is 0 Å². The third-order valence-corrected chi connectivity index (χ3v) is 8.84. The quantitative estimate of drug-likeness (QED) is 0.170. The number of imidazole rings is 1. The van der Waals surface area contributed by atoms with Gasteiger partial charge in [0.1, 0.15) is 5.69 Å². The molecule has 2 unspecified atom stereocenters. The van der Waals surface area contributed by atoms with Crippen LogP contribution in [0.2, 0.25) is 5.02 Å². The number of pyridine rings is 1. The van der Waals surface area contributed by atoms with E-state index in [-0.39, 0.29) is 23.4 Å². The first kappa shape index (κ1) is 32.6. The molecule has 2 aromatic heterocycles. The molecule has 4 rings (SSSR count). The van der Waals surface area contributed by atoms with Gasteiger partial charge in [-0.15, -0.1) is 0 Å². The molecule has 2 amide bonds. The summed E-state index contributed by atoms with van der Waals surface area (Å²) in [4.78, 5) is 50.4. The van der Waals surface area contributed by atoms with Crippen molar-refractivity contribution < 1.29 is 53.8 Å². The summed E-state index contributed by atoms with van der Waals surface area (Å²) in [6.45, 7) is 1.95. The van der Waals surface area contributed by atoms with E-state index < -0.39 is 56.8 Å². The fourth-order valence-corrected chi connectivity index (χ4v) is 5.79. The van der Waals surface area contributed by atoms with Crippen molar-refractivity contribution >= 4 is 38.5 Å². The Hall–Kier alpha value is -3.27. The Bertz CT molecular complexity index is 1530. The monoisotopic (exact) mass is 728 g/mol. The Balaban J connectivity index is 1.69. The summed E-state index contributed by atoms with van der Waals surface area (Å²) in [5, 5.41) is 3.15. The summed E-state index contributed by atoms with van der Waals surface area (Å²) in [5.41, 5.74) is 0.591. The molecule has 1 aliphatic rings. The molecule has 230 valence electrons. The number of benzene rings is 1. The first-order valence-electron chi connectivity index (χ1n) is 13.0. The number of aromatic nitrogens is 3. The number of hydrogen-bond acceptors (Lipinski definition) is 7. The number of alkyl halides is 3. The predicted octanol–water partition coefficient (Wildman–Crippen LogP) is 1.39.